The monoisotopic (exact) mass is 432 g/mol. The number of Topliss-reactive ketones (excluding diaryl/α,β-unsaturated/α-hetero) is 1. The van der Waals surface area contributed by atoms with E-state index < -0.39 is 11.6 Å². The van der Waals surface area contributed by atoms with Crippen molar-refractivity contribution in [3.05, 3.63) is 82.0 Å². The molecule has 6 nitrogen and oxygen atoms in total. The number of allylic oxidation sites excluding steroid dienone is 1. The van der Waals surface area contributed by atoms with Crippen molar-refractivity contribution < 1.29 is 18.3 Å². The van der Waals surface area contributed by atoms with Gasteiger partial charge in [-0.25, -0.2) is 23.6 Å². The maximum atomic E-state index is 14.9. The van der Waals surface area contributed by atoms with E-state index in [1.807, 2.05) is 0 Å². The molecule has 1 aromatic heterocycles. The van der Waals surface area contributed by atoms with Crippen molar-refractivity contribution >= 4 is 29.1 Å². The van der Waals surface area contributed by atoms with Gasteiger partial charge in [-0.2, -0.15) is 0 Å². The molecule has 0 unspecified atom stereocenters. The molecule has 0 atom stereocenters. The maximum Gasteiger partial charge on any atom is 0.288 e. The lowest BCUT2D eigenvalue weighted by molar-refractivity contribution is -0.116. The fourth-order valence-electron chi connectivity index (χ4n) is 3.50. The van der Waals surface area contributed by atoms with Crippen LogP contribution >= 0.6 is 0 Å². The predicted molar refractivity (Wildman–Crippen MR) is 116 cm³/mol. The van der Waals surface area contributed by atoms with Crippen molar-refractivity contribution in [2.75, 3.05) is 5.32 Å². The van der Waals surface area contributed by atoms with Crippen molar-refractivity contribution in [1.29, 1.82) is 0 Å². The van der Waals surface area contributed by atoms with Gasteiger partial charge in [0.15, 0.2) is 11.6 Å². The Morgan fingerprint density at radius 3 is 2.69 bits per heavy atom. The number of nitrogens with zero attached hydrogens (tertiary/aromatic N) is 3. The number of carbonyl (C=O) groups is 1. The van der Waals surface area contributed by atoms with Crippen molar-refractivity contribution in [3.63, 3.8) is 0 Å². The van der Waals surface area contributed by atoms with E-state index in [0.717, 1.165) is 17.2 Å². The highest BCUT2D eigenvalue weighted by Gasteiger charge is 2.24. The van der Waals surface area contributed by atoms with Crippen LogP contribution in [-0.4, -0.2) is 15.8 Å². The molecule has 0 spiro atoms. The van der Waals surface area contributed by atoms with Crippen LogP contribution in [0.4, 0.5) is 26.0 Å². The first kappa shape index (κ1) is 21.1. The summed E-state index contributed by atoms with van der Waals surface area (Å²) in [6, 6.07) is 8.05. The third-order valence-electron chi connectivity index (χ3n) is 4.95. The molecule has 4 rings (SSSR count). The minimum Gasteiger partial charge on any atom is -0.446 e. The van der Waals surface area contributed by atoms with Gasteiger partial charge in [-0.15, -0.1) is 0 Å². The molecule has 3 aromatic rings. The third-order valence-corrected chi connectivity index (χ3v) is 4.95. The molecule has 1 N–H and O–H groups in total. The topological polar surface area (TPSA) is 68.5 Å². The molecule has 0 bridgehead atoms. The third kappa shape index (κ3) is 4.18. The van der Waals surface area contributed by atoms with Crippen LogP contribution in [0.15, 0.2) is 42.2 Å². The average molecular weight is 432 g/mol. The Morgan fingerprint density at radius 2 is 2.00 bits per heavy atom. The van der Waals surface area contributed by atoms with E-state index in [1.165, 1.54) is 13.3 Å². The SMILES string of the molecule is [C-]#[N+]c1c(Nc2ccc(CC(C)=O)cc2)ncnc1Oc1cc(F)c2c(c1F)C=C(C)C2. The summed E-state index contributed by atoms with van der Waals surface area (Å²) in [5, 5.41) is 3.00. The molecule has 1 heterocycles. The van der Waals surface area contributed by atoms with Crippen molar-refractivity contribution in [3.8, 4) is 11.6 Å². The summed E-state index contributed by atoms with van der Waals surface area (Å²) in [6.45, 7) is 10.8. The summed E-state index contributed by atoms with van der Waals surface area (Å²) in [7, 11) is 0. The zero-order chi connectivity index (χ0) is 22.8. The van der Waals surface area contributed by atoms with Crippen molar-refractivity contribution in [1.82, 2.24) is 9.97 Å². The van der Waals surface area contributed by atoms with Crippen LogP contribution in [0.25, 0.3) is 10.9 Å². The zero-order valence-electron chi connectivity index (χ0n) is 17.4. The first-order valence-corrected chi connectivity index (χ1v) is 9.79. The lowest BCUT2D eigenvalue weighted by Crippen LogP contribution is -2.01. The number of carbonyl (C=O) groups excluding carboxylic acids is 1. The number of hydrogen-bond donors (Lipinski definition) is 1. The quantitative estimate of drug-likeness (QED) is 0.489. The number of ether oxygens (including phenoxy) is 1. The van der Waals surface area contributed by atoms with Gasteiger partial charge < -0.3 is 10.1 Å². The number of benzene rings is 2. The molecule has 0 amide bonds. The van der Waals surface area contributed by atoms with Crippen LogP contribution in [0, 0.1) is 18.2 Å². The van der Waals surface area contributed by atoms with Gasteiger partial charge in [-0.05, 0) is 38.0 Å². The zero-order valence-corrected chi connectivity index (χ0v) is 17.4. The van der Waals surface area contributed by atoms with E-state index in [9.17, 15) is 13.6 Å². The molecule has 0 saturated heterocycles. The van der Waals surface area contributed by atoms with Gasteiger partial charge in [-0.3, -0.25) is 4.79 Å². The van der Waals surface area contributed by atoms with Crippen LogP contribution in [0.1, 0.15) is 30.5 Å². The first-order valence-electron chi connectivity index (χ1n) is 9.79. The van der Waals surface area contributed by atoms with Gasteiger partial charge in [0.25, 0.3) is 5.69 Å². The van der Waals surface area contributed by atoms with E-state index in [0.29, 0.717) is 18.5 Å². The molecule has 0 aliphatic heterocycles. The highest BCUT2D eigenvalue weighted by atomic mass is 19.1. The van der Waals surface area contributed by atoms with Gasteiger partial charge in [0, 0.05) is 29.3 Å². The van der Waals surface area contributed by atoms with Gasteiger partial charge in [0.05, 0.1) is 6.57 Å². The van der Waals surface area contributed by atoms with Crippen LogP contribution in [0.2, 0.25) is 0 Å². The number of nitrogens with one attached hydrogen (secondary N) is 1. The number of halogens is 2. The second kappa shape index (κ2) is 8.55. The summed E-state index contributed by atoms with van der Waals surface area (Å²) < 4.78 is 34.9. The van der Waals surface area contributed by atoms with Crippen LogP contribution in [-0.2, 0) is 17.6 Å². The Balaban J connectivity index is 1.63. The Hall–Kier alpha value is -4.12. The Bertz CT molecular complexity index is 1290. The minimum absolute atomic E-state index is 0.0551. The second-order valence-corrected chi connectivity index (χ2v) is 7.52. The molecule has 1 aliphatic rings. The van der Waals surface area contributed by atoms with Crippen LogP contribution < -0.4 is 10.1 Å². The van der Waals surface area contributed by atoms with E-state index in [2.05, 4.69) is 20.1 Å². The predicted octanol–water partition coefficient (Wildman–Crippen LogP) is 5.93. The number of anilines is 2. The van der Waals surface area contributed by atoms with Crippen LogP contribution in [0.5, 0.6) is 11.6 Å². The standard InChI is InChI=1S/C24H18F2N4O2/c1-13-8-17-18(9-13)21(26)20(11-19(17)25)32-24-22(27-3)23(28-12-29-24)30-16-6-4-15(5-7-16)10-14(2)31/h4-7,9,11-12H,8,10H2,1-2H3,(H,28,29,30). The Kier molecular flexibility index (Phi) is 5.65. The summed E-state index contributed by atoms with van der Waals surface area (Å²) in [5.41, 5.74) is 2.70. The first-order chi connectivity index (χ1) is 15.4. The fraction of sp³-hybridized carbons (Fsp3) is 0.167. The summed E-state index contributed by atoms with van der Waals surface area (Å²) in [6.07, 6.45) is 3.43. The second-order valence-electron chi connectivity index (χ2n) is 7.52. The average Bonchev–Trinajstić information content (AvgIpc) is 3.16. The highest BCUT2D eigenvalue weighted by molar-refractivity contribution is 5.79. The summed E-state index contributed by atoms with van der Waals surface area (Å²) in [4.78, 5) is 22.7. The molecule has 1 aliphatic carbocycles. The van der Waals surface area contributed by atoms with E-state index >= 15 is 0 Å². The molecule has 8 heteroatoms. The minimum atomic E-state index is -0.705. The molecule has 2 aromatic carbocycles. The lowest BCUT2D eigenvalue weighted by Gasteiger charge is -2.13. The molecule has 0 saturated carbocycles. The van der Waals surface area contributed by atoms with E-state index in [1.54, 1.807) is 37.3 Å². The molecule has 0 fully saturated rings. The largest absolute Gasteiger partial charge is 0.446 e. The van der Waals surface area contributed by atoms with Gasteiger partial charge in [0.2, 0.25) is 5.88 Å². The van der Waals surface area contributed by atoms with Crippen molar-refractivity contribution in [2.45, 2.75) is 26.7 Å². The summed E-state index contributed by atoms with van der Waals surface area (Å²) in [5.74, 6) is -1.62. The highest BCUT2D eigenvalue weighted by Crippen LogP contribution is 2.40. The smallest absolute Gasteiger partial charge is 0.288 e. The number of ketones is 1. The number of fused-ring (bicyclic) bond motifs is 1. The van der Waals surface area contributed by atoms with Gasteiger partial charge in [0.1, 0.15) is 23.7 Å². The molecular weight excluding hydrogens is 414 g/mol. The number of aromatic nitrogens is 2. The van der Waals surface area contributed by atoms with E-state index in [4.69, 9.17) is 11.3 Å². The van der Waals surface area contributed by atoms with E-state index in [-0.39, 0.29) is 40.0 Å². The molecular formula is C24H18F2N4O2. The molecule has 160 valence electrons. The summed E-state index contributed by atoms with van der Waals surface area (Å²) >= 11 is 0. The maximum absolute atomic E-state index is 14.9. The van der Waals surface area contributed by atoms with Crippen LogP contribution in [0.3, 0.4) is 0 Å². The van der Waals surface area contributed by atoms with Gasteiger partial charge in [-0.1, -0.05) is 23.8 Å². The number of rotatable bonds is 6. The molecule has 32 heavy (non-hydrogen) atoms. The Morgan fingerprint density at radius 1 is 1.25 bits per heavy atom. The van der Waals surface area contributed by atoms with Crippen molar-refractivity contribution in [2.24, 2.45) is 0 Å². The normalized spacial score (nSPS) is 12.0. The molecule has 0 radical (unpaired) electrons. The number of hydrogen-bond acceptors (Lipinski definition) is 5. The van der Waals surface area contributed by atoms with Gasteiger partial charge >= 0.3 is 0 Å². The fourth-order valence-corrected chi connectivity index (χ4v) is 3.50. The lowest BCUT2D eigenvalue weighted by atomic mass is 10.1. The Labute approximate surface area is 183 Å².